The molecule has 2 amide bonds. The molecule has 3 rings (SSSR count). The average Bonchev–Trinajstić information content (AvgIpc) is 2.85. The van der Waals surface area contributed by atoms with Gasteiger partial charge in [0, 0.05) is 4.90 Å². The van der Waals surface area contributed by atoms with E-state index >= 15 is 0 Å². The van der Waals surface area contributed by atoms with E-state index in [4.69, 9.17) is 16.3 Å². The van der Waals surface area contributed by atoms with Crippen molar-refractivity contribution in [3.05, 3.63) is 59.1 Å². The highest BCUT2D eigenvalue weighted by Gasteiger charge is 2.40. The summed E-state index contributed by atoms with van der Waals surface area (Å²) >= 11 is 7.26. The molecule has 2 aromatic carbocycles. The van der Waals surface area contributed by atoms with Crippen molar-refractivity contribution < 1.29 is 14.3 Å². The molecule has 0 bridgehead atoms. The van der Waals surface area contributed by atoms with Crippen molar-refractivity contribution in [3.8, 4) is 5.75 Å². The summed E-state index contributed by atoms with van der Waals surface area (Å²) in [6.45, 7) is 0.300. The second-order valence-electron chi connectivity index (χ2n) is 5.18. The number of benzene rings is 2. The van der Waals surface area contributed by atoms with Crippen LogP contribution in [-0.4, -0.2) is 29.2 Å². The Kier molecular flexibility index (Phi) is 4.97. The summed E-state index contributed by atoms with van der Waals surface area (Å²) in [4.78, 5) is 25.4. The molecule has 1 saturated heterocycles. The molecular formula is C17H15ClN2O3S. The van der Waals surface area contributed by atoms with Crippen LogP contribution < -0.4 is 10.2 Å². The summed E-state index contributed by atoms with van der Waals surface area (Å²) < 4.78 is 5.11. The fourth-order valence-electron chi connectivity index (χ4n) is 2.30. The van der Waals surface area contributed by atoms with Gasteiger partial charge in [-0.3, -0.25) is 15.0 Å². The Bertz CT molecular complexity index is 767. The minimum absolute atomic E-state index is 0.277. The van der Waals surface area contributed by atoms with Gasteiger partial charge >= 0.3 is 0 Å². The minimum Gasteiger partial charge on any atom is -0.497 e. The van der Waals surface area contributed by atoms with Crippen LogP contribution in [0.25, 0.3) is 0 Å². The van der Waals surface area contributed by atoms with E-state index in [1.165, 1.54) is 5.01 Å². The highest BCUT2D eigenvalue weighted by atomic mass is 35.5. The van der Waals surface area contributed by atoms with Gasteiger partial charge in [-0.15, -0.1) is 11.8 Å². The van der Waals surface area contributed by atoms with Crippen molar-refractivity contribution in [1.29, 1.82) is 0 Å². The van der Waals surface area contributed by atoms with Crippen molar-refractivity contribution in [2.45, 2.75) is 16.7 Å². The Morgan fingerprint density at radius 1 is 1.17 bits per heavy atom. The van der Waals surface area contributed by atoms with Gasteiger partial charge in [0.15, 0.2) is 5.25 Å². The lowest BCUT2D eigenvalue weighted by Gasteiger charge is -2.15. The molecule has 1 unspecified atom stereocenters. The zero-order valence-corrected chi connectivity index (χ0v) is 14.4. The van der Waals surface area contributed by atoms with Gasteiger partial charge in [-0.2, -0.15) is 0 Å². The van der Waals surface area contributed by atoms with E-state index in [1.54, 1.807) is 25.3 Å². The molecule has 1 aliphatic heterocycles. The summed E-state index contributed by atoms with van der Waals surface area (Å²) in [7, 11) is 1.59. The number of ether oxygens (including phenoxy) is 1. The Labute approximate surface area is 148 Å². The Balaban J connectivity index is 1.70. The van der Waals surface area contributed by atoms with Crippen molar-refractivity contribution in [2.75, 3.05) is 7.11 Å². The van der Waals surface area contributed by atoms with Gasteiger partial charge in [-0.25, -0.2) is 5.01 Å². The summed E-state index contributed by atoms with van der Waals surface area (Å²) in [5.74, 6) is 0.127. The van der Waals surface area contributed by atoms with Crippen LogP contribution in [0.2, 0.25) is 5.02 Å². The SMILES string of the molecule is COc1ccc(CN2NC(=O)C(Sc3ccccc3Cl)C2=O)cc1. The molecule has 5 nitrogen and oxygen atoms in total. The number of hydrogen-bond acceptors (Lipinski definition) is 4. The number of amides is 2. The van der Waals surface area contributed by atoms with Crippen LogP contribution >= 0.6 is 23.4 Å². The number of carbonyl (C=O) groups excluding carboxylic acids is 2. The maximum Gasteiger partial charge on any atom is 0.264 e. The van der Waals surface area contributed by atoms with E-state index in [9.17, 15) is 9.59 Å². The van der Waals surface area contributed by atoms with Gasteiger partial charge in [-0.1, -0.05) is 35.9 Å². The van der Waals surface area contributed by atoms with E-state index in [0.29, 0.717) is 16.5 Å². The third-order valence-electron chi connectivity index (χ3n) is 3.55. The molecule has 1 heterocycles. The molecule has 2 aromatic rings. The minimum atomic E-state index is -0.830. The normalized spacial score (nSPS) is 17.1. The van der Waals surface area contributed by atoms with Crippen LogP contribution in [0.5, 0.6) is 5.75 Å². The second-order valence-corrected chi connectivity index (χ2v) is 6.73. The van der Waals surface area contributed by atoms with Crippen molar-refractivity contribution in [3.63, 3.8) is 0 Å². The molecule has 124 valence electrons. The molecule has 0 spiro atoms. The number of hydrazine groups is 1. The Morgan fingerprint density at radius 2 is 1.88 bits per heavy atom. The first-order valence-corrected chi connectivity index (χ1v) is 8.50. The lowest BCUT2D eigenvalue weighted by molar-refractivity contribution is -0.130. The fraction of sp³-hybridized carbons (Fsp3) is 0.176. The standard InChI is InChI=1S/C17H15ClN2O3S/c1-23-12-8-6-11(7-9-12)10-20-17(22)15(16(21)19-20)24-14-5-3-2-4-13(14)18/h2-9,15H,10H2,1H3,(H,19,21). The third kappa shape index (κ3) is 3.49. The maximum atomic E-state index is 12.5. The van der Waals surface area contributed by atoms with Gasteiger partial charge in [0.2, 0.25) is 0 Å². The largest absolute Gasteiger partial charge is 0.497 e. The van der Waals surface area contributed by atoms with Crippen LogP contribution in [-0.2, 0) is 16.1 Å². The lowest BCUT2D eigenvalue weighted by atomic mass is 10.2. The van der Waals surface area contributed by atoms with Crippen LogP contribution in [0, 0.1) is 0 Å². The van der Waals surface area contributed by atoms with Gasteiger partial charge in [0.25, 0.3) is 11.8 Å². The molecule has 24 heavy (non-hydrogen) atoms. The molecule has 0 saturated carbocycles. The molecule has 1 N–H and O–H groups in total. The molecule has 0 radical (unpaired) electrons. The van der Waals surface area contributed by atoms with E-state index in [0.717, 1.165) is 23.1 Å². The third-order valence-corrected chi connectivity index (χ3v) is 5.26. The van der Waals surface area contributed by atoms with Crippen LogP contribution in [0.1, 0.15) is 5.56 Å². The van der Waals surface area contributed by atoms with E-state index in [-0.39, 0.29) is 11.8 Å². The molecule has 0 aromatic heterocycles. The summed E-state index contributed by atoms with van der Waals surface area (Å²) in [5, 5.41) is 1.03. The molecule has 7 heteroatoms. The van der Waals surface area contributed by atoms with E-state index < -0.39 is 5.25 Å². The molecular weight excluding hydrogens is 348 g/mol. The number of nitrogens with zero attached hydrogens (tertiary/aromatic N) is 1. The quantitative estimate of drug-likeness (QED) is 0.831. The zero-order valence-electron chi connectivity index (χ0n) is 12.9. The Hall–Kier alpha value is -2.18. The molecule has 1 fully saturated rings. The Morgan fingerprint density at radius 3 is 2.54 bits per heavy atom. The van der Waals surface area contributed by atoms with Gasteiger partial charge in [0.1, 0.15) is 5.75 Å². The molecule has 1 atom stereocenters. The average molecular weight is 363 g/mol. The van der Waals surface area contributed by atoms with Crippen molar-refractivity contribution in [2.24, 2.45) is 0 Å². The number of nitrogens with one attached hydrogen (secondary N) is 1. The monoisotopic (exact) mass is 362 g/mol. The number of carbonyl (C=O) groups is 2. The maximum absolute atomic E-state index is 12.5. The van der Waals surface area contributed by atoms with Crippen LogP contribution in [0.4, 0.5) is 0 Å². The first-order valence-electron chi connectivity index (χ1n) is 7.24. The van der Waals surface area contributed by atoms with Crippen LogP contribution in [0.3, 0.4) is 0 Å². The summed E-state index contributed by atoms with van der Waals surface area (Å²) in [6.07, 6.45) is 0. The van der Waals surface area contributed by atoms with Gasteiger partial charge in [-0.05, 0) is 29.8 Å². The van der Waals surface area contributed by atoms with E-state index in [2.05, 4.69) is 5.43 Å². The summed E-state index contributed by atoms with van der Waals surface area (Å²) in [5.41, 5.74) is 3.52. The molecule has 1 aliphatic rings. The predicted octanol–water partition coefficient (Wildman–Crippen LogP) is 2.88. The zero-order chi connectivity index (χ0) is 17.1. The molecule has 0 aliphatic carbocycles. The highest BCUT2D eigenvalue weighted by Crippen LogP contribution is 2.32. The number of thioether (sulfide) groups is 1. The van der Waals surface area contributed by atoms with E-state index in [1.807, 2.05) is 30.3 Å². The highest BCUT2D eigenvalue weighted by molar-refractivity contribution is 8.01. The fourth-order valence-corrected chi connectivity index (χ4v) is 3.55. The lowest BCUT2D eigenvalue weighted by Crippen LogP contribution is -2.35. The number of halogens is 1. The number of methoxy groups -OCH3 is 1. The van der Waals surface area contributed by atoms with Crippen molar-refractivity contribution in [1.82, 2.24) is 10.4 Å². The number of hydrogen-bond donors (Lipinski definition) is 1. The topological polar surface area (TPSA) is 58.6 Å². The second kappa shape index (κ2) is 7.15. The predicted molar refractivity (Wildman–Crippen MR) is 92.8 cm³/mol. The van der Waals surface area contributed by atoms with Crippen molar-refractivity contribution >= 4 is 35.2 Å². The first kappa shape index (κ1) is 16.7. The van der Waals surface area contributed by atoms with Gasteiger partial charge < -0.3 is 4.74 Å². The van der Waals surface area contributed by atoms with Crippen LogP contribution in [0.15, 0.2) is 53.4 Å². The smallest absolute Gasteiger partial charge is 0.264 e. The van der Waals surface area contributed by atoms with Gasteiger partial charge in [0.05, 0.1) is 18.7 Å². The summed E-state index contributed by atoms with van der Waals surface area (Å²) in [6, 6.07) is 14.5. The first-order chi connectivity index (χ1) is 11.6. The number of rotatable bonds is 5.